The number of halogens is 1. The van der Waals surface area contributed by atoms with Crippen molar-refractivity contribution in [1.29, 1.82) is 0 Å². The van der Waals surface area contributed by atoms with Gasteiger partial charge in [-0.1, -0.05) is 26.7 Å². The van der Waals surface area contributed by atoms with E-state index in [2.05, 4.69) is 23.7 Å². The molecule has 114 valence electrons. The standard InChI is InChI=1S/C17H24FN3/c1-4-12(5-2)11-21(6-3)17-14(18)10-15(19)13-8-7-9-20-16(13)17/h7-10,12H,4-6,11,19H2,1-3H3. The summed E-state index contributed by atoms with van der Waals surface area (Å²) in [5, 5.41) is 0.817. The van der Waals surface area contributed by atoms with Crippen molar-refractivity contribution in [2.75, 3.05) is 23.7 Å². The minimum absolute atomic E-state index is 0.286. The van der Waals surface area contributed by atoms with E-state index in [1.807, 2.05) is 19.1 Å². The first-order valence-corrected chi connectivity index (χ1v) is 7.69. The number of rotatable bonds is 6. The van der Waals surface area contributed by atoms with Crippen LogP contribution >= 0.6 is 0 Å². The number of nitrogens with zero attached hydrogens (tertiary/aromatic N) is 2. The summed E-state index contributed by atoms with van der Waals surface area (Å²) < 4.78 is 14.5. The summed E-state index contributed by atoms with van der Waals surface area (Å²) in [6.07, 6.45) is 3.87. The normalized spacial score (nSPS) is 11.3. The van der Waals surface area contributed by atoms with Crippen LogP contribution in [0.5, 0.6) is 0 Å². The van der Waals surface area contributed by atoms with Gasteiger partial charge in [0.15, 0.2) is 5.82 Å². The molecular formula is C17H24FN3. The van der Waals surface area contributed by atoms with E-state index in [4.69, 9.17) is 5.73 Å². The van der Waals surface area contributed by atoms with Gasteiger partial charge in [-0.05, 0) is 31.0 Å². The Morgan fingerprint density at radius 3 is 2.62 bits per heavy atom. The predicted octanol–water partition coefficient (Wildman–Crippen LogP) is 4.22. The van der Waals surface area contributed by atoms with Gasteiger partial charge in [-0.25, -0.2) is 4.39 Å². The molecule has 0 aliphatic rings. The van der Waals surface area contributed by atoms with Gasteiger partial charge in [-0.2, -0.15) is 0 Å². The van der Waals surface area contributed by atoms with E-state index < -0.39 is 0 Å². The number of aromatic nitrogens is 1. The van der Waals surface area contributed by atoms with Crippen molar-refractivity contribution in [2.45, 2.75) is 33.6 Å². The Bertz CT molecular complexity index is 608. The third-order valence-corrected chi connectivity index (χ3v) is 4.18. The number of pyridine rings is 1. The summed E-state index contributed by atoms with van der Waals surface area (Å²) in [4.78, 5) is 6.45. The summed E-state index contributed by atoms with van der Waals surface area (Å²) in [5.41, 5.74) is 7.60. The third kappa shape index (κ3) is 3.09. The van der Waals surface area contributed by atoms with Gasteiger partial charge in [0.05, 0.1) is 11.2 Å². The Morgan fingerprint density at radius 1 is 1.29 bits per heavy atom. The number of benzene rings is 1. The molecule has 4 heteroatoms. The highest BCUT2D eigenvalue weighted by Crippen LogP contribution is 2.33. The lowest BCUT2D eigenvalue weighted by molar-refractivity contribution is 0.482. The second-order valence-electron chi connectivity index (χ2n) is 5.42. The van der Waals surface area contributed by atoms with E-state index in [-0.39, 0.29) is 5.82 Å². The first-order chi connectivity index (χ1) is 10.1. The molecular weight excluding hydrogens is 265 g/mol. The molecule has 0 aliphatic heterocycles. The van der Waals surface area contributed by atoms with E-state index in [0.717, 1.165) is 31.3 Å². The lowest BCUT2D eigenvalue weighted by Crippen LogP contribution is -2.30. The quantitative estimate of drug-likeness (QED) is 0.810. The molecule has 0 spiro atoms. The summed E-state index contributed by atoms with van der Waals surface area (Å²) in [7, 11) is 0. The molecule has 2 aromatic rings. The van der Waals surface area contributed by atoms with Crippen LogP contribution < -0.4 is 10.6 Å². The first kappa shape index (κ1) is 15.5. The van der Waals surface area contributed by atoms with Crippen LogP contribution in [0.4, 0.5) is 15.8 Å². The Hall–Kier alpha value is -1.84. The molecule has 0 unspecified atom stereocenters. The van der Waals surface area contributed by atoms with Crippen molar-refractivity contribution in [3.63, 3.8) is 0 Å². The van der Waals surface area contributed by atoms with Gasteiger partial charge >= 0.3 is 0 Å². The van der Waals surface area contributed by atoms with Crippen LogP contribution in [-0.2, 0) is 0 Å². The van der Waals surface area contributed by atoms with Crippen molar-refractivity contribution in [1.82, 2.24) is 4.98 Å². The molecule has 0 radical (unpaired) electrons. The van der Waals surface area contributed by atoms with E-state index in [9.17, 15) is 4.39 Å². The molecule has 2 rings (SSSR count). The zero-order valence-electron chi connectivity index (χ0n) is 13.1. The van der Waals surface area contributed by atoms with Crippen molar-refractivity contribution < 1.29 is 4.39 Å². The number of anilines is 2. The molecule has 0 fully saturated rings. The van der Waals surface area contributed by atoms with Crippen LogP contribution in [-0.4, -0.2) is 18.1 Å². The number of hydrogen-bond donors (Lipinski definition) is 1. The van der Waals surface area contributed by atoms with Gasteiger partial charge in [-0.3, -0.25) is 4.98 Å². The number of fused-ring (bicyclic) bond motifs is 1. The van der Waals surface area contributed by atoms with E-state index in [0.29, 0.717) is 22.8 Å². The minimum atomic E-state index is -0.286. The maximum Gasteiger partial charge on any atom is 0.150 e. The van der Waals surface area contributed by atoms with Crippen molar-refractivity contribution in [2.24, 2.45) is 5.92 Å². The van der Waals surface area contributed by atoms with Gasteiger partial charge in [0, 0.05) is 30.4 Å². The van der Waals surface area contributed by atoms with Gasteiger partial charge < -0.3 is 10.6 Å². The zero-order chi connectivity index (χ0) is 15.4. The average molecular weight is 289 g/mol. The monoisotopic (exact) mass is 289 g/mol. The lowest BCUT2D eigenvalue weighted by Gasteiger charge is -2.28. The van der Waals surface area contributed by atoms with Crippen molar-refractivity contribution >= 4 is 22.3 Å². The van der Waals surface area contributed by atoms with Gasteiger partial charge in [0.1, 0.15) is 0 Å². The highest BCUT2D eigenvalue weighted by Gasteiger charge is 2.19. The van der Waals surface area contributed by atoms with Crippen LogP contribution in [0.2, 0.25) is 0 Å². The van der Waals surface area contributed by atoms with E-state index in [1.54, 1.807) is 6.20 Å². The number of nitrogens with two attached hydrogens (primary N) is 1. The fourth-order valence-corrected chi connectivity index (χ4v) is 2.76. The van der Waals surface area contributed by atoms with Crippen molar-refractivity contribution in [3.05, 3.63) is 30.2 Å². The molecule has 0 atom stereocenters. The fourth-order valence-electron chi connectivity index (χ4n) is 2.76. The molecule has 0 saturated heterocycles. The van der Waals surface area contributed by atoms with E-state index >= 15 is 0 Å². The fraction of sp³-hybridized carbons (Fsp3) is 0.471. The SMILES string of the molecule is CCC(CC)CN(CC)c1c(F)cc(N)c2cccnc12. The zero-order valence-corrected chi connectivity index (χ0v) is 13.1. The molecule has 3 nitrogen and oxygen atoms in total. The highest BCUT2D eigenvalue weighted by atomic mass is 19.1. The Kier molecular flexibility index (Phi) is 4.99. The van der Waals surface area contributed by atoms with Crippen LogP contribution in [0.1, 0.15) is 33.6 Å². The molecule has 0 amide bonds. The maximum atomic E-state index is 14.5. The molecule has 1 aromatic heterocycles. The molecule has 21 heavy (non-hydrogen) atoms. The first-order valence-electron chi connectivity index (χ1n) is 7.69. The van der Waals surface area contributed by atoms with E-state index in [1.165, 1.54) is 6.07 Å². The lowest BCUT2D eigenvalue weighted by atomic mass is 10.0. The Balaban J connectivity index is 2.53. The number of hydrogen-bond acceptors (Lipinski definition) is 3. The molecule has 1 aromatic carbocycles. The molecule has 2 N–H and O–H groups in total. The van der Waals surface area contributed by atoms with Crippen LogP contribution in [0.3, 0.4) is 0 Å². The maximum absolute atomic E-state index is 14.5. The molecule has 0 saturated carbocycles. The predicted molar refractivity (Wildman–Crippen MR) is 88.1 cm³/mol. The topological polar surface area (TPSA) is 42.1 Å². The molecule has 0 aliphatic carbocycles. The summed E-state index contributed by atoms with van der Waals surface area (Å²) in [5.74, 6) is 0.271. The Labute approximate surface area is 126 Å². The average Bonchev–Trinajstić information content (AvgIpc) is 2.50. The van der Waals surface area contributed by atoms with Gasteiger partial charge in [-0.15, -0.1) is 0 Å². The highest BCUT2D eigenvalue weighted by molar-refractivity contribution is 5.98. The second kappa shape index (κ2) is 6.74. The Morgan fingerprint density at radius 2 is 2.00 bits per heavy atom. The van der Waals surface area contributed by atoms with Gasteiger partial charge in [0.25, 0.3) is 0 Å². The van der Waals surface area contributed by atoms with Crippen LogP contribution in [0.25, 0.3) is 10.9 Å². The number of nitrogen functional groups attached to an aromatic ring is 1. The summed E-state index contributed by atoms with van der Waals surface area (Å²) in [6.45, 7) is 8.00. The summed E-state index contributed by atoms with van der Waals surface area (Å²) in [6, 6.07) is 5.14. The minimum Gasteiger partial charge on any atom is -0.398 e. The van der Waals surface area contributed by atoms with Crippen LogP contribution in [0, 0.1) is 11.7 Å². The van der Waals surface area contributed by atoms with Crippen LogP contribution in [0.15, 0.2) is 24.4 Å². The molecule has 1 heterocycles. The van der Waals surface area contributed by atoms with Crippen molar-refractivity contribution in [3.8, 4) is 0 Å². The smallest absolute Gasteiger partial charge is 0.150 e. The third-order valence-electron chi connectivity index (χ3n) is 4.18. The van der Waals surface area contributed by atoms with Gasteiger partial charge in [0.2, 0.25) is 0 Å². The molecule has 0 bridgehead atoms. The second-order valence-corrected chi connectivity index (χ2v) is 5.42. The largest absolute Gasteiger partial charge is 0.398 e. The summed E-state index contributed by atoms with van der Waals surface area (Å²) >= 11 is 0.